The predicted octanol–water partition coefficient (Wildman–Crippen LogP) is 4.51. The fraction of sp³-hybridized carbons (Fsp3) is 0.275. The Morgan fingerprint density at radius 1 is 1.00 bits per heavy atom. The Balaban J connectivity index is 0.965. The first-order valence-electron chi connectivity index (χ1n) is 18.5. The summed E-state index contributed by atoms with van der Waals surface area (Å²) in [6, 6.07) is 20.7. The Labute approximate surface area is 334 Å². The number of aromatic nitrogens is 3. The lowest BCUT2D eigenvalue weighted by atomic mass is 10.1. The minimum absolute atomic E-state index is 0.181. The first-order valence-corrected chi connectivity index (χ1v) is 20.0. The molecule has 0 saturated heterocycles. The highest BCUT2D eigenvalue weighted by molar-refractivity contribution is 7.86. The van der Waals surface area contributed by atoms with E-state index >= 15 is 0 Å². The van der Waals surface area contributed by atoms with Crippen molar-refractivity contribution in [3.05, 3.63) is 113 Å². The normalized spacial score (nSPS) is 14.1. The second kappa shape index (κ2) is 18.5. The number of imidazole rings is 1. The molecule has 1 aliphatic rings. The smallest absolute Gasteiger partial charge is 0.305 e. The van der Waals surface area contributed by atoms with Crippen molar-refractivity contribution in [2.24, 2.45) is 5.10 Å². The van der Waals surface area contributed by atoms with Gasteiger partial charge in [0, 0.05) is 49.7 Å². The summed E-state index contributed by atoms with van der Waals surface area (Å²) in [5, 5.41) is 19.5. The molecule has 0 bridgehead atoms. The van der Waals surface area contributed by atoms with Gasteiger partial charge >= 0.3 is 5.97 Å². The summed E-state index contributed by atoms with van der Waals surface area (Å²) in [5.41, 5.74) is 6.60. The van der Waals surface area contributed by atoms with Crippen molar-refractivity contribution in [2.45, 2.75) is 56.1 Å². The predicted molar refractivity (Wildman–Crippen MR) is 216 cm³/mol. The number of para-hydroxylation sites is 2. The number of hydrogen-bond donors (Lipinski definition) is 6. The second-order valence-electron chi connectivity index (χ2n) is 13.8. The van der Waals surface area contributed by atoms with E-state index in [-0.39, 0.29) is 41.3 Å². The van der Waals surface area contributed by atoms with E-state index in [1.807, 2.05) is 24.3 Å². The minimum Gasteiger partial charge on any atom is -0.481 e. The molecule has 0 radical (unpaired) electrons. The number of carboxylic acids is 1. The van der Waals surface area contributed by atoms with Crippen molar-refractivity contribution in [3.63, 3.8) is 0 Å². The van der Waals surface area contributed by atoms with Gasteiger partial charge in [-0.15, -0.1) is 0 Å². The first kappa shape index (κ1) is 41.0. The number of unbranched alkanes of at least 4 members (excludes halogenated alkanes) is 3. The van der Waals surface area contributed by atoms with Crippen LogP contribution in [0.25, 0.3) is 11.0 Å². The number of amides is 3. The zero-order valence-electron chi connectivity index (χ0n) is 31.6. The van der Waals surface area contributed by atoms with Crippen LogP contribution in [-0.4, -0.2) is 98.9 Å². The van der Waals surface area contributed by atoms with Crippen LogP contribution >= 0.6 is 0 Å². The van der Waals surface area contributed by atoms with Crippen LogP contribution < -0.4 is 16.1 Å². The Morgan fingerprint density at radius 2 is 1.76 bits per heavy atom. The SMILES string of the molecule is CN(Cc1nc2ccccc2[nH]1)C(=O)c1ccc2c(c1)CN(CCCCCCNC(=O)c1ccc(N/N=C/c3ccccc3S(=O)(=O)O)nc1)C(=O)C(CC(=O)O)N2. The van der Waals surface area contributed by atoms with Gasteiger partial charge < -0.3 is 30.5 Å². The van der Waals surface area contributed by atoms with Gasteiger partial charge in [-0.3, -0.25) is 29.2 Å². The van der Waals surface area contributed by atoms with E-state index in [2.05, 4.69) is 36.1 Å². The highest BCUT2D eigenvalue weighted by atomic mass is 32.2. The maximum Gasteiger partial charge on any atom is 0.305 e. The maximum absolute atomic E-state index is 13.5. The van der Waals surface area contributed by atoms with Crippen LogP contribution in [0.5, 0.6) is 0 Å². The van der Waals surface area contributed by atoms with Gasteiger partial charge in [-0.2, -0.15) is 13.5 Å². The summed E-state index contributed by atoms with van der Waals surface area (Å²) >= 11 is 0. The van der Waals surface area contributed by atoms with Gasteiger partial charge in [-0.25, -0.2) is 9.97 Å². The molecule has 0 fully saturated rings. The second-order valence-corrected chi connectivity index (χ2v) is 15.2. The number of H-pyrrole nitrogens is 1. The Morgan fingerprint density at radius 3 is 2.52 bits per heavy atom. The molecule has 0 spiro atoms. The zero-order valence-corrected chi connectivity index (χ0v) is 32.4. The minimum atomic E-state index is -4.42. The zero-order chi connectivity index (χ0) is 41.2. The number of aliphatic carboxylic acids is 1. The molecule has 1 aliphatic heterocycles. The van der Waals surface area contributed by atoms with Crippen molar-refractivity contribution in [3.8, 4) is 0 Å². The Kier molecular flexibility index (Phi) is 13.1. The van der Waals surface area contributed by atoms with Gasteiger partial charge in [-0.1, -0.05) is 43.2 Å². The number of pyridine rings is 1. The van der Waals surface area contributed by atoms with Crippen LogP contribution in [0.1, 0.15) is 69.8 Å². The number of carboxylic acid groups (broad SMARTS) is 1. The Hall–Kier alpha value is -6.66. The fourth-order valence-corrected chi connectivity index (χ4v) is 7.19. The molecule has 17 nitrogen and oxygen atoms in total. The maximum atomic E-state index is 13.5. The van der Waals surface area contributed by atoms with E-state index < -0.39 is 28.6 Å². The lowest BCUT2D eigenvalue weighted by Gasteiger charge is -2.24. The number of anilines is 2. The highest BCUT2D eigenvalue weighted by Gasteiger charge is 2.31. The molecule has 3 heterocycles. The fourth-order valence-electron chi connectivity index (χ4n) is 6.52. The van der Waals surface area contributed by atoms with Gasteiger partial charge in [0.05, 0.1) is 35.8 Å². The monoisotopic (exact) mass is 809 g/mol. The summed E-state index contributed by atoms with van der Waals surface area (Å²) in [6.07, 6.45) is 5.07. The number of nitrogens with zero attached hydrogens (tertiary/aromatic N) is 5. The van der Waals surface area contributed by atoms with E-state index in [4.69, 9.17) is 0 Å². The Bertz CT molecular complexity index is 2400. The lowest BCUT2D eigenvalue weighted by Crippen LogP contribution is -2.42. The summed E-state index contributed by atoms with van der Waals surface area (Å²) in [6.45, 7) is 1.27. The van der Waals surface area contributed by atoms with E-state index in [1.54, 1.807) is 53.2 Å². The number of hydrazone groups is 1. The first-order chi connectivity index (χ1) is 27.9. The van der Waals surface area contributed by atoms with Crippen molar-refractivity contribution in [1.29, 1.82) is 0 Å². The van der Waals surface area contributed by atoms with Gasteiger partial charge in [0.2, 0.25) is 5.91 Å². The number of carbonyl (C=O) groups excluding carboxylic acids is 3. The highest BCUT2D eigenvalue weighted by Crippen LogP contribution is 2.27. The molecule has 0 aliphatic carbocycles. The van der Waals surface area contributed by atoms with Gasteiger partial charge in [0.1, 0.15) is 22.6 Å². The number of hydrogen-bond acceptors (Lipinski definition) is 11. The topological polar surface area (TPSA) is 239 Å². The number of benzene rings is 3. The number of nitrogens with one attached hydrogen (secondary N) is 4. The van der Waals surface area contributed by atoms with Gasteiger partial charge in [0.15, 0.2) is 0 Å². The van der Waals surface area contributed by atoms with E-state index in [0.29, 0.717) is 60.0 Å². The molecule has 1 unspecified atom stereocenters. The van der Waals surface area contributed by atoms with Crippen molar-refractivity contribution in [2.75, 3.05) is 30.9 Å². The number of aromatic amines is 1. The molecule has 58 heavy (non-hydrogen) atoms. The van der Waals surface area contributed by atoms with Crippen LogP contribution in [0.2, 0.25) is 0 Å². The van der Waals surface area contributed by atoms with Crippen LogP contribution in [0.4, 0.5) is 11.5 Å². The van der Waals surface area contributed by atoms with E-state index in [9.17, 15) is 37.3 Å². The molecule has 3 amide bonds. The third-order valence-corrected chi connectivity index (χ3v) is 10.4. The quantitative estimate of drug-likeness (QED) is 0.0329. The molecule has 3 aromatic carbocycles. The van der Waals surface area contributed by atoms with Crippen LogP contribution in [-0.2, 0) is 32.8 Å². The standard InChI is InChI=1S/C40H43N9O8S/c1-48(25-36-45-31-11-5-6-12-32(31)46-36)39(53)26-14-16-30-29(20-26)24-49(40(54)33(44-30)21-37(50)51)19-9-3-2-8-18-41-38(52)28-15-17-35(42-22-28)47-43-23-27-10-4-7-13-34(27)58(55,56)57/h4-7,10-17,20,22-23,33,44H,2-3,8-9,18-19,21,24-25H2,1H3,(H,41,52)(H,42,47)(H,45,46)(H,50,51)(H,55,56,57)/b43-23+. The van der Waals surface area contributed by atoms with Crippen LogP contribution in [0.3, 0.4) is 0 Å². The van der Waals surface area contributed by atoms with Gasteiger partial charge in [0.25, 0.3) is 21.9 Å². The molecular weight excluding hydrogens is 767 g/mol. The molecule has 18 heteroatoms. The largest absolute Gasteiger partial charge is 0.481 e. The number of fused-ring (bicyclic) bond motifs is 2. The molecular formula is C40H43N9O8S. The molecule has 0 saturated carbocycles. The average molecular weight is 810 g/mol. The van der Waals surface area contributed by atoms with Crippen molar-refractivity contribution in [1.82, 2.24) is 30.1 Å². The molecule has 6 N–H and O–H groups in total. The van der Waals surface area contributed by atoms with E-state index in [1.165, 1.54) is 30.6 Å². The molecule has 6 rings (SSSR count). The lowest BCUT2D eigenvalue weighted by molar-refractivity contribution is -0.141. The number of carbonyl (C=O) groups is 4. The summed E-state index contributed by atoms with van der Waals surface area (Å²) in [4.78, 5) is 66.2. The molecule has 302 valence electrons. The average Bonchev–Trinajstić information content (AvgIpc) is 3.56. The molecule has 5 aromatic rings. The molecule has 2 aromatic heterocycles. The summed E-state index contributed by atoms with van der Waals surface area (Å²) in [7, 11) is -2.73. The van der Waals surface area contributed by atoms with Crippen molar-refractivity contribution >= 4 is 62.6 Å². The summed E-state index contributed by atoms with van der Waals surface area (Å²) < 4.78 is 32.5. The molecule has 1 atom stereocenters. The number of rotatable bonds is 17. The van der Waals surface area contributed by atoms with Gasteiger partial charge in [-0.05, 0) is 66.9 Å². The van der Waals surface area contributed by atoms with E-state index in [0.717, 1.165) is 23.9 Å². The van der Waals surface area contributed by atoms with Crippen LogP contribution in [0.15, 0.2) is 95.1 Å². The third kappa shape index (κ3) is 10.6. The summed E-state index contributed by atoms with van der Waals surface area (Å²) in [5.74, 6) is -1.01. The van der Waals surface area contributed by atoms with Crippen molar-refractivity contribution < 1.29 is 37.3 Å². The third-order valence-electron chi connectivity index (χ3n) is 9.45. The van der Waals surface area contributed by atoms with Crippen LogP contribution in [0, 0.1) is 0 Å².